The zero-order valence-electron chi connectivity index (χ0n) is 15.1. The highest BCUT2D eigenvalue weighted by Crippen LogP contribution is 2.23. The third-order valence-electron chi connectivity index (χ3n) is 3.82. The number of benzene rings is 2. The molecule has 0 saturated heterocycles. The van der Waals surface area contributed by atoms with Crippen LogP contribution < -0.4 is 10.6 Å². The van der Waals surface area contributed by atoms with Crippen LogP contribution in [0.5, 0.6) is 0 Å². The summed E-state index contributed by atoms with van der Waals surface area (Å²) in [5.41, 5.74) is 2.04. The van der Waals surface area contributed by atoms with E-state index in [1.54, 1.807) is 41.8 Å². The Labute approximate surface area is 166 Å². The molecule has 0 atom stereocenters. The van der Waals surface area contributed by atoms with Crippen molar-refractivity contribution in [1.82, 2.24) is 4.98 Å². The molecule has 1 amide bonds. The van der Waals surface area contributed by atoms with Crippen LogP contribution in [0.3, 0.4) is 0 Å². The van der Waals surface area contributed by atoms with Crippen LogP contribution in [0, 0.1) is 0 Å². The zero-order chi connectivity index (χ0) is 20.3. The lowest BCUT2D eigenvalue weighted by Gasteiger charge is -2.05. The summed E-state index contributed by atoms with van der Waals surface area (Å²) in [7, 11) is -3.25. The second kappa shape index (κ2) is 7.91. The van der Waals surface area contributed by atoms with E-state index in [1.807, 2.05) is 0 Å². The Bertz CT molecular complexity index is 1120. The fourth-order valence-corrected chi connectivity index (χ4v) is 3.67. The molecule has 0 radical (unpaired) electrons. The number of nitrogens with one attached hydrogen (secondary N) is 2. The van der Waals surface area contributed by atoms with Crippen molar-refractivity contribution in [2.75, 3.05) is 16.9 Å². The molecule has 3 rings (SSSR count). The van der Waals surface area contributed by atoms with Crippen molar-refractivity contribution in [3.63, 3.8) is 0 Å². The number of Topliss-reactive ketones (excluding diaryl/α,β-unsaturated/α-hetero) is 1. The summed E-state index contributed by atoms with van der Waals surface area (Å²) in [6.45, 7) is 1.48. The topological polar surface area (TPSA) is 105 Å². The maximum absolute atomic E-state index is 12.3. The predicted octanol–water partition coefficient (Wildman–Crippen LogP) is 3.75. The number of nitrogens with zero attached hydrogens (tertiary/aromatic N) is 1. The second-order valence-corrected chi connectivity index (χ2v) is 8.92. The molecule has 0 bridgehead atoms. The molecule has 2 N–H and O–H groups in total. The average molecular weight is 415 g/mol. The summed E-state index contributed by atoms with van der Waals surface area (Å²) in [5, 5.41) is 7.88. The van der Waals surface area contributed by atoms with E-state index in [9.17, 15) is 18.0 Å². The van der Waals surface area contributed by atoms with Crippen molar-refractivity contribution in [3.05, 3.63) is 65.2 Å². The van der Waals surface area contributed by atoms with Gasteiger partial charge < -0.3 is 10.6 Å². The highest BCUT2D eigenvalue weighted by Gasteiger charge is 2.12. The largest absolute Gasteiger partial charge is 0.332 e. The Hall–Kier alpha value is -3.04. The molecule has 0 saturated carbocycles. The third-order valence-corrected chi connectivity index (χ3v) is 5.71. The molecule has 144 valence electrons. The number of carbonyl (C=O) groups is 2. The molecule has 0 fully saturated rings. The van der Waals surface area contributed by atoms with Gasteiger partial charge in [-0.05, 0) is 55.5 Å². The Kier molecular flexibility index (Phi) is 5.57. The molecular formula is C19H17N3O4S2. The number of amides is 1. The van der Waals surface area contributed by atoms with Gasteiger partial charge >= 0.3 is 0 Å². The average Bonchev–Trinajstić information content (AvgIpc) is 3.10. The van der Waals surface area contributed by atoms with Gasteiger partial charge in [0.05, 0.1) is 4.90 Å². The van der Waals surface area contributed by atoms with Crippen molar-refractivity contribution in [3.8, 4) is 0 Å². The molecule has 0 spiro atoms. The van der Waals surface area contributed by atoms with E-state index in [2.05, 4.69) is 15.6 Å². The van der Waals surface area contributed by atoms with E-state index in [0.717, 1.165) is 6.26 Å². The van der Waals surface area contributed by atoms with E-state index >= 15 is 0 Å². The van der Waals surface area contributed by atoms with Crippen LogP contribution >= 0.6 is 11.3 Å². The van der Waals surface area contributed by atoms with Gasteiger partial charge in [0, 0.05) is 28.6 Å². The van der Waals surface area contributed by atoms with Gasteiger partial charge in [0.25, 0.3) is 5.91 Å². The van der Waals surface area contributed by atoms with Crippen LogP contribution in [0.2, 0.25) is 0 Å². The molecule has 3 aromatic rings. The molecule has 0 aliphatic rings. The number of anilines is 3. The van der Waals surface area contributed by atoms with E-state index < -0.39 is 9.84 Å². The lowest BCUT2D eigenvalue weighted by molar-refractivity contribution is 0.101. The molecule has 2 aromatic carbocycles. The highest BCUT2D eigenvalue weighted by atomic mass is 32.2. The summed E-state index contributed by atoms with van der Waals surface area (Å²) in [4.78, 5) is 28.1. The van der Waals surface area contributed by atoms with Crippen molar-refractivity contribution < 1.29 is 18.0 Å². The maximum atomic E-state index is 12.3. The number of rotatable bonds is 6. The van der Waals surface area contributed by atoms with Gasteiger partial charge in [-0.1, -0.05) is 0 Å². The minimum absolute atomic E-state index is 0.0438. The molecule has 0 aliphatic heterocycles. The summed E-state index contributed by atoms with van der Waals surface area (Å²) in [6.07, 6.45) is 1.15. The van der Waals surface area contributed by atoms with Crippen LogP contribution in [0.1, 0.15) is 27.8 Å². The van der Waals surface area contributed by atoms with Crippen LogP contribution in [-0.4, -0.2) is 31.3 Å². The molecule has 0 aliphatic carbocycles. The fraction of sp³-hybridized carbons (Fsp3) is 0.105. The molecular weight excluding hydrogens is 398 g/mol. The maximum Gasteiger partial charge on any atom is 0.275 e. The minimum Gasteiger partial charge on any atom is -0.332 e. The first-order valence-corrected chi connectivity index (χ1v) is 10.9. The summed E-state index contributed by atoms with van der Waals surface area (Å²) in [5.74, 6) is -0.412. The smallest absolute Gasteiger partial charge is 0.275 e. The standard InChI is InChI=1S/C19H17N3O4S2/c1-12(23)13-3-5-14(6-4-13)20-18(24)17-11-27-19(22-17)21-15-7-9-16(10-8-15)28(2,25)26/h3-11H,1-2H3,(H,20,24)(H,21,22). The van der Waals surface area contributed by atoms with Gasteiger partial charge in [0.1, 0.15) is 5.69 Å². The number of aromatic nitrogens is 1. The Morgan fingerprint density at radius 1 is 0.964 bits per heavy atom. The third kappa shape index (κ3) is 4.81. The quantitative estimate of drug-likeness (QED) is 0.594. The molecule has 0 unspecified atom stereocenters. The molecule has 1 aromatic heterocycles. The number of carbonyl (C=O) groups excluding carboxylic acids is 2. The summed E-state index contributed by atoms with van der Waals surface area (Å²) in [6, 6.07) is 12.9. The van der Waals surface area contributed by atoms with Crippen LogP contribution in [0.25, 0.3) is 0 Å². The number of sulfone groups is 1. The normalized spacial score (nSPS) is 11.1. The summed E-state index contributed by atoms with van der Waals surface area (Å²) >= 11 is 1.25. The van der Waals surface area contributed by atoms with Gasteiger partial charge in [-0.3, -0.25) is 9.59 Å². The molecule has 28 heavy (non-hydrogen) atoms. The Balaban J connectivity index is 1.66. The first kappa shape index (κ1) is 19.7. The SMILES string of the molecule is CC(=O)c1ccc(NC(=O)c2csc(Nc3ccc(S(C)(=O)=O)cc3)n2)cc1. The fourth-order valence-electron chi connectivity index (χ4n) is 2.33. The van der Waals surface area contributed by atoms with E-state index in [0.29, 0.717) is 22.1 Å². The van der Waals surface area contributed by atoms with Crippen molar-refractivity contribution >= 4 is 49.4 Å². The summed E-state index contributed by atoms with van der Waals surface area (Å²) < 4.78 is 23.0. The van der Waals surface area contributed by atoms with Crippen molar-refractivity contribution in [2.24, 2.45) is 0 Å². The number of hydrogen-bond donors (Lipinski definition) is 2. The van der Waals surface area contributed by atoms with E-state index in [4.69, 9.17) is 0 Å². The number of ketones is 1. The lowest BCUT2D eigenvalue weighted by atomic mass is 10.1. The molecule has 7 nitrogen and oxygen atoms in total. The van der Waals surface area contributed by atoms with Crippen LogP contribution in [0.4, 0.5) is 16.5 Å². The first-order chi connectivity index (χ1) is 13.2. The van der Waals surface area contributed by atoms with Crippen molar-refractivity contribution in [1.29, 1.82) is 0 Å². The van der Waals surface area contributed by atoms with Gasteiger partial charge in [-0.2, -0.15) is 0 Å². The van der Waals surface area contributed by atoms with E-state index in [1.165, 1.54) is 30.4 Å². The second-order valence-electron chi connectivity index (χ2n) is 6.05. The monoisotopic (exact) mass is 415 g/mol. The van der Waals surface area contributed by atoms with Crippen LogP contribution in [-0.2, 0) is 9.84 Å². The Morgan fingerprint density at radius 3 is 2.14 bits per heavy atom. The number of thiazole rings is 1. The molecule has 1 heterocycles. The lowest BCUT2D eigenvalue weighted by Crippen LogP contribution is -2.12. The first-order valence-electron chi connectivity index (χ1n) is 8.17. The van der Waals surface area contributed by atoms with Gasteiger partial charge in [-0.25, -0.2) is 13.4 Å². The van der Waals surface area contributed by atoms with Crippen molar-refractivity contribution in [2.45, 2.75) is 11.8 Å². The zero-order valence-corrected chi connectivity index (χ0v) is 16.7. The van der Waals surface area contributed by atoms with Gasteiger partial charge in [0.2, 0.25) is 0 Å². The predicted molar refractivity (Wildman–Crippen MR) is 109 cm³/mol. The number of hydrogen-bond acceptors (Lipinski definition) is 7. The Morgan fingerprint density at radius 2 is 1.57 bits per heavy atom. The van der Waals surface area contributed by atoms with Gasteiger partial charge in [0.15, 0.2) is 20.8 Å². The highest BCUT2D eigenvalue weighted by molar-refractivity contribution is 7.90. The molecule has 9 heteroatoms. The van der Waals surface area contributed by atoms with E-state index in [-0.39, 0.29) is 22.3 Å². The van der Waals surface area contributed by atoms with Crippen LogP contribution in [0.15, 0.2) is 58.8 Å². The van der Waals surface area contributed by atoms with Gasteiger partial charge in [-0.15, -0.1) is 11.3 Å². The minimum atomic E-state index is -3.25.